The first kappa shape index (κ1) is 15.6. The Kier molecular flexibility index (Phi) is 5.65. The van der Waals surface area contributed by atoms with Crippen LogP contribution in [-0.2, 0) is 9.36 Å². The van der Waals surface area contributed by atoms with Crippen LogP contribution in [0, 0.1) is 5.92 Å². The standard InChI is InChI=1S/C8H14F3O4P/c1-2-3-4-6(8(9,10)11)7(12)5-16(13,14)15/h6H,2-5H2,1H3,(H2,13,14,15). The summed E-state index contributed by atoms with van der Waals surface area (Å²) in [5.74, 6) is -3.70. The number of carbonyl (C=O) groups is 1. The molecular formula is C8H14F3O4P. The van der Waals surface area contributed by atoms with Gasteiger partial charge in [-0.1, -0.05) is 19.8 Å². The smallest absolute Gasteiger partial charge is 0.324 e. The van der Waals surface area contributed by atoms with E-state index in [9.17, 15) is 22.5 Å². The van der Waals surface area contributed by atoms with Gasteiger partial charge in [0, 0.05) is 0 Å². The summed E-state index contributed by atoms with van der Waals surface area (Å²) < 4.78 is 47.6. The summed E-state index contributed by atoms with van der Waals surface area (Å²) in [4.78, 5) is 28.0. The average Bonchev–Trinajstić information content (AvgIpc) is 1.98. The van der Waals surface area contributed by atoms with Crippen LogP contribution in [0.15, 0.2) is 0 Å². The van der Waals surface area contributed by atoms with Crippen LogP contribution < -0.4 is 0 Å². The molecule has 0 heterocycles. The Morgan fingerprint density at radius 1 is 1.38 bits per heavy atom. The van der Waals surface area contributed by atoms with Crippen molar-refractivity contribution >= 4 is 13.4 Å². The molecule has 16 heavy (non-hydrogen) atoms. The Morgan fingerprint density at radius 2 is 1.88 bits per heavy atom. The van der Waals surface area contributed by atoms with E-state index in [-0.39, 0.29) is 6.42 Å². The third kappa shape index (κ3) is 6.25. The molecule has 0 saturated carbocycles. The van der Waals surface area contributed by atoms with E-state index in [0.29, 0.717) is 6.42 Å². The van der Waals surface area contributed by atoms with E-state index >= 15 is 0 Å². The highest BCUT2D eigenvalue weighted by molar-refractivity contribution is 7.52. The summed E-state index contributed by atoms with van der Waals surface area (Å²) in [5.41, 5.74) is 0. The molecule has 1 atom stereocenters. The Labute approximate surface area is 91.0 Å². The molecular weight excluding hydrogens is 248 g/mol. The third-order valence-electron chi connectivity index (χ3n) is 1.99. The number of hydrogen-bond acceptors (Lipinski definition) is 2. The maximum atomic E-state index is 12.4. The molecule has 0 aliphatic heterocycles. The SMILES string of the molecule is CCCCC(C(=O)CP(=O)(O)O)C(F)(F)F. The van der Waals surface area contributed by atoms with Gasteiger partial charge in [-0.3, -0.25) is 9.36 Å². The highest BCUT2D eigenvalue weighted by Crippen LogP contribution is 2.39. The van der Waals surface area contributed by atoms with Crippen molar-refractivity contribution in [1.82, 2.24) is 0 Å². The van der Waals surface area contributed by atoms with Gasteiger partial charge in [-0.15, -0.1) is 0 Å². The van der Waals surface area contributed by atoms with Gasteiger partial charge in [0.15, 0.2) is 5.78 Å². The van der Waals surface area contributed by atoms with Gasteiger partial charge in [0.2, 0.25) is 0 Å². The molecule has 2 N–H and O–H groups in total. The van der Waals surface area contributed by atoms with E-state index in [2.05, 4.69) is 0 Å². The largest absolute Gasteiger partial charge is 0.398 e. The molecule has 0 fully saturated rings. The minimum atomic E-state index is -4.73. The zero-order valence-corrected chi connectivity index (χ0v) is 9.59. The summed E-state index contributed by atoms with van der Waals surface area (Å²) in [5, 5.41) is 0. The minimum Gasteiger partial charge on any atom is -0.324 e. The number of alkyl halides is 3. The molecule has 4 nitrogen and oxygen atoms in total. The molecule has 0 rings (SSSR count). The quantitative estimate of drug-likeness (QED) is 0.719. The molecule has 0 aliphatic rings. The van der Waals surface area contributed by atoms with Crippen LogP contribution in [0.5, 0.6) is 0 Å². The lowest BCUT2D eigenvalue weighted by Crippen LogP contribution is -2.32. The maximum absolute atomic E-state index is 12.4. The first-order valence-electron chi connectivity index (χ1n) is 4.72. The van der Waals surface area contributed by atoms with E-state index in [1.165, 1.54) is 0 Å². The van der Waals surface area contributed by atoms with Gasteiger partial charge in [0.05, 0.1) is 0 Å². The van der Waals surface area contributed by atoms with Gasteiger partial charge in [0.25, 0.3) is 0 Å². The van der Waals surface area contributed by atoms with E-state index in [0.717, 1.165) is 0 Å². The van der Waals surface area contributed by atoms with Crippen LogP contribution in [0.2, 0.25) is 0 Å². The molecule has 8 heteroatoms. The number of unbranched alkanes of at least 4 members (excludes halogenated alkanes) is 1. The number of halogens is 3. The van der Waals surface area contributed by atoms with E-state index in [1.54, 1.807) is 6.92 Å². The number of ketones is 1. The number of hydrogen-bond donors (Lipinski definition) is 2. The first-order valence-corrected chi connectivity index (χ1v) is 6.51. The van der Waals surface area contributed by atoms with Gasteiger partial charge < -0.3 is 9.79 Å². The van der Waals surface area contributed by atoms with Crippen molar-refractivity contribution < 1.29 is 32.3 Å². The molecule has 0 bridgehead atoms. The van der Waals surface area contributed by atoms with Crippen molar-refractivity contribution in [2.24, 2.45) is 5.92 Å². The monoisotopic (exact) mass is 262 g/mol. The van der Waals surface area contributed by atoms with E-state index in [4.69, 9.17) is 9.79 Å². The Bertz CT molecular complexity index is 283. The van der Waals surface area contributed by atoms with Crippen LogP contribution >= 0.6 is 7.60 Å². The summed E-state index contributed by atoms with van der Waals surface area (Å²) >= 11 is 0. The lowest BCUT2D eigenvalue weighted by Gasteiger charge is -2.18. The highest BCUT2D eigenvalue weighted by atomic mass is 31.2. The average molecular weight is 262 g/mol. The molecule has 0 saturated heterocycles. The van der Waals surface area contributed by atoms with Crippen molar-refractivity contribution in [2.45, 2.75) is 32.4 Å². The predicted octanol–water partition coefficient (Wildman–Crippen LogP) is 2.10. The fourth-order valence-electron chi connectivity index (χ4n) is 1.23. The van der Waals surface area contributed by atoms with Gasteiger partial charge in [-0.25, -0.2) is 0 Å². The van der Waals surface area contributed by atoms with Crippen molar-refractivity contribution in [2.75, 3.05) is 6.16 Å². The molecule has 1 unspecified atom stereocenters. The van der Waals surface area contributed by atoms with Crippen molar-refractivity contribution in [3.05, 3.63) is 0 Å². The lowest BCUT2D eigenvalue weighted by atomic mass is 9.98. The summed E-state index contributed by atoms with van der Waals surface area (Å²) in [6.07, 6.45) is -5.83. The molecule has 0 aromatic heterocycles. The number of rotatable bonds is 6. The molecule has 0 aromatic rings. The number of Topliss-reactive ketones (excluding diaryl/α,β-unsaturated/α-hetero) is 1. The van der Waals surface area contributed by atoms with Gasteiger partial charge in [-0.05, 0) is 6.42 Å². The molecule has 0 radical (unpaired) electrons. The molecule has 0 aliphatic carbocycles. The Morgan fingerprint density at radius 3 is 2.19 bits per heavy atom. The molecule has 96 valence electrons. The summed E-state index contributed by atoms with van der Waals surface area (Å²) in [6.45, 7) is 1.67. The zero-order valence-electron chi connectivity index (χ0n) is 8.70. The Hall–Kier alpha value is -0.390. The molecule has 0 aromatic carbocycles. The van der Waals surface area contributed by atoms with Gasteiger partial charge in [-0.2, -0.15) is 13.2 Å². The first-order chi connectivity index (χ1) is 7.08. The van der Waals surface area contributed by atoms with Crippen molar-refractivity contribution in [1.29, 1.82) is 0 Å². The van der Waals surface area contributed by atoms with E-state index < -0.39 is 38.1 Å². The van der Waals surface area contributed by atoms with Crippen molar-refractivity contribution in [3.63, 3.8) is 0 Å². The molecule has 0 spiro atoms. The molecule has 0 amide bonds. The second-order valence-electron chi connectivity index (χ2n) is 3.53. The topological polar surface area (TPSA) is 74.6 Å². The minimum absolute atomic E-state index is 0.192. The second kappa shape index (κ2) is 5.80. The van der Waals surface area contributed by atoms with Crippen molar-refractivity contribution in [3.8, 4) is 0 Å². The summed E-state index contributed by atoms with van der Waals surface area (Å²) in [7, 11) is -4.73. The lowest BCUT2D eigenvalue weighted by molar-refractivity contribution is -0.181. The van der Waals surface area contributed by atoms with Crippen LogP contribution in [0.25, 0.3) is 0 Å². The fourth-order valence-corrected chi connectivity index (χ4v) is 1.86. The maximum Gasteiger partial charge on any atom is 0.398 e. The predicted molar refractivity (Wildman–Crippen MR) is 51.0 cm³/mol. The van der Waals surface area contributed by atoms with Gasteiger partial charge in [0.1, 0.15) is 12.1 Å². The zero-order chi connectivity index (χ0) is 13.0. The van der Waals surface area contributed by atoms with Crippen LogP contribution in [-0.4, -0.2) is 27.9 Å². The van der Waals surface area contributed by atoms with Crippen LogP contribution in [0.3, 0.4) is 0 Å². The normalized spacial score (nSPS) is 14.9. The summed E-state index contributed by atoms with van der Waals surface area (Å²) in [6, 6.07) is 0. The van der Waals surface area contributed by atoms with Gasteiger partial charge >= 0.3 is 13.8 Å². The number of carbonyl (C=O) groups excluding carboxylic acids is 1. The third-order valence-corrected chi connectivity index (χ3v) is 2.72. The van der Waals surface area contributed by atoms with E-state index in [1.807, 2.05) is 0 Å². The second-order valence-corrected chi connectivity index (χ2v) is 5.17. The Balaban J connectivity index is 4.64. The van der Waals surface area contributed by atoms with Crippen LogP contribution in [0.4, 0.5) is 13.2 Å². The highest BCUT2D eigenvalue weighted by Gasteiger charge is 2.45. The fraction of sp³-hybridized carbons (Fsp3) is 0.875. The van der Waals surface area contributed by atoms with Crippen LogP contribution in [0.1, 0.15) is 26.2 Å².